The number of ether oxygens (including phenoxy) is 1. The van der Waals surface area contributed by atoms with E-state index in [0.717, 1.165) is 0 Å². The molecule has 0 aliphatic rings. The molecule has 0 fully saturated rings. The van der Waals surface area contributed by atoms with Gasteiger partial charge in [0.15, 0.2) is 0 Å². The van der Waals surface area contributed by atoms with Crippen molar-refractivity contribution in [3.05, 3.63) is 21.7 Å². The SMILES string of the molecule is CCOCCc1nc(O)c(C)c(=O)[nH]1. The summed E-state index contributed by atoms with van der Waals surface area (Å²) in [5, 5.41) is 9.27. The lowest BCUT2D eigenvalue weighted by atomic mass is 10.3. The van der Waals surface area contributed by atoms with Crippen LogP contribution in [-0.2, 0) is 11.2 Å². The Hall–Kier alpha value is -1.36. The third-order valence-electron chi connectivity index (χ3n) is 1.86. The number of rotatable bonds is 4. The van der Waals surface area contributed by atoms with Gasteiger partial charge >= 0.3 is 0 Å². The Balaban J connectivity index is 2.75. The molecule has 5 heteroatoms. The van der Waals surface area contributed by atoms with Crippen LogP contribution in [0.25, 0.3) is 0 Å². The average Bonchev–Trinajstić information content (AvgIpc) is 2.14. The Morgan fingerprint density at radius 3 is 2.86 bits per heavy atom. The number of aromatic hydroxyl groups is 1. The van der Waals surface area contributed by atoms with E-state index in [1.807, 2.05) is 6.92 Å². The predicted molar refractivity (Wildman–Crippen MR) is 51.5 cm³/mol. The second-order valence-electron chi connectivity index (χ2n) is 2.91. The van der Waals surface area contributed by atoms with Gasteiger partial charge in [-0.1, -0.05) is 0 Å². The molecule has 78 valence electrons. The van der Waals surface area contributed by atoms with Gasteiger partial charge in [-0.3, -0.25) is 4.79 Å². The van der Waals surface area contributed by atoms with Crippen molar-refractivity contribution in [1.29, 1.82) is 0 Å². The number of aromatic nitrogens is 2. The smallest absolute Gasteiger partial charge is 0.257 e. The van der Waals surface area contributed by atoms with Crippen molar-refractivity contribution in [2.75, 3.05) is 13.2 Å². The summed E-state index contributed by atoms with van der Waals surface area (Å²) in [5.41, 5.74) is -0.0610. The first kappa shape index (κ1) is 10.7. The zero-order chi connectivity index (χ0) is 10.6. The predicted octanol–water partition coefficient (Wildman–Crippen LogP) is 0.363. The lowest BCUT2D eigenvalue weighted by Crippen LogP contribution is -2.15. The molecule has 0 bridgehead atoms. The lowest BCUT2D eigenvalue weighted by molar-refractivity contribution is 0.149. The molecule has 1 rings (SSSR count). The lowest BCUT2D eigenvalue weighted by Gasteiger charge is -2.02. The number of aromatic amines is 1. The van der Waals surface area contributed by atoms with Gasteiger partial charge in [-0.2, -0.15) is 4.98 Å². The maximum Gasteiger partial charge on any atom is 0.257 e. The van der Waals surface area contributed by atoms with Crippen LogP contribution < -0.4 is 5.56 Å². The first-order valence-electron chi connectivity index (χ1n) is 4.51. The van der Waals surface area contributed by atoms with Crippen LogP contribution in [0.4, 0.5) is 0 Å². The van der Waals surface area contributed by atoms with E-state index < -0.39 is 0 Å². The van der Waals surface area contributed by atoms with Crippen molar-refractivity contribution in [2.24, 2.45) is 0 Å². The second-order valence-corrected chi connectivity index (χ2v) is 2.91. The van der Waals surface area contributed by atoms with Gasteiger partial charge in [0, 0.05) is 13.0 Å². The monoisotopic (exact) mass is 198 g/mol. The molecule has 0 aliphatic carbocycles. The third-order valence-corrected chi connectivity index (χ3v) is 1.86. The standard InChI is InChI=1S/C9H14N2O3/c1-3-14-5-4-7-10-8(12)6(2)9(13)11-7/h3-5H2,1-2H3,(H2,10,11,12,13). The quantitative estimate of drug-likeness (QED) is 0.685. The van der Waals surface area contributed by atoms with Crippen LogP contribution in [0.2, 0.25) is 0 Å². The van der Waals surface area contributed by atoms with E-state index in [0.29, 0.717) is 25.5 Å². The largest absolute Gasteiger partial charge is 0.493 e. The summed E-state index contributed by atoms with van der Waals surface area (Å²) >= 11 is 0. The van der Waals surface area contributed by atoms with Crippen molar-refractivity contribution in [3.63, 3.8) is 0 Å². The van der Waals surface area contributed by atoms with E-state index in [9.17, 15) is 9.90 Å². The van der Waals surface area contributed by atoms with Gasteiger partial charge in [0.1, 0.15) is 5.82 Å². The fourth-order valence-corrected chi connectivity index (χ4v) is 0.998. The van der Waals surface area contributed by atoms with E-state index >= 15 is 0 Å². The zero-order valence-corrected chi connectivity index (χ0v) is 8.33. The Kier molecular flexibility index (Phi) is 3.64. The molecular formula is C9H14N2O3. The molecule has 1 heterocycles. The van der Waals surface area contributed by atoms with E-state index in [1.165, 1.54) is 6.92 Å². The summed E-state index contributed by atoms with van der Waals surface area (Å²) in [5.74, 6) is 0.242. The summed E-state index contributed by atoms with van der Waals surface area (Å²) < 4.78 is 5.10. The van der Waals surface area contributed by atoms with Gasteiger partial charge in [0.2, 0.25) is 5.88 Å². The Labute approximate surface area is 81.8 Å². The normalized spacial score (nSPS) is 10.4. The molecule has 1 aromatic rings. The molecule has 0 atom stereocenters. The average molecular weight is 198 g/mol. The van der Waals surface area contributed by atoms with Crippen molar-refractivity contribution in [2.45, 2.75) is 20.3 Å². The summed E-state index contributed by atoms with van der Waals surface area (Å²) in [4.78, 5) is 17.6. The van der Waals surface area contributed by atoms with E-state index in [1.54, 1.807) is 0 Å². The maximum absolute atomic E-state index is 11.2. The molecule has 0 spiro atoms. The molecule has 0 radical (unpaired) electrons. The molecule has 0 aliphatic heterocycles. The molecule has 0 unspecified atom stereocenters. The molecule has 0 aromatic carbocycles. The highest BCUT2D eigenvalue weighted by atomic mass is 16.5. The van der Waals surface area contributed by atoms with Gasteiger partial charge in [-0.05, 0) is 13.8 Å². The first-order valence-corrected chi connectivity index (χ1v) is 4.51. The van der Waals surface area contributed by atoms with Crippen molar-refractivity contribution in [3.8, 4) is 5.88 Å². The zero-order valence-electron chi connectivity index (χ0n) is 8.33. The topological polar surface area (TPSA) is 75.2 Å². The Morgan fingerprint density at radius 2 is 2.29 bits per heavy atom. The van der Waals surface area contributed by atoms with Crippen LogP contribution in [0.3, 0.4) is 0 Å². The van der Waals surface area contributed by atoms with Gasteiger partial charge in [-0.15, -0.1) is 0 Å². The third kappa shape index (κ3) is 2.56. The number of nitrogens with one attached hydrogen (secondary N) is 1. The molecule has 2 N–H and O–H groups in total. The van der Waals surface area contributed by atoms with E-state index in [2.05, 4.69) is 9.97 Å². The van der Waals surface area contributed by atoms with Crippen LogP contribution in [-0.4, -0.2) is 28.3 Å². The second kappa shape index (κ2) is 4.76. The number of hydrogen-bond acceptors (Lipinski definition) is 4. The molecule has 0 saturated heterocycles. The van der Waals surface area contributed by atoms with E-state index in [4.69, 9.17) is 4.74 Å². The molecule has 0 saturated carbocycles. The summed E-state index contributed by atoms with van der Waals surface area (Å²) in [7, 11) is 0. The minimum atomic E-state index is -0.302. The van der Waals surface area contributed by atoms with Crippen LogP contribution in [0, 0.1) is 6.92 Å². The highest BCUT2D eigenvalue weighted by Crippen LogP contribution is 2.05. The Bertz CT molecular complexity index is 360. The van der Waals surface area contributed by atoms with Crippen LogP contribution >= 0.6 is 0 Å². The molecule has 14 heavy (non-hydrogen) atoms. The molecule has 1 aromatic heterocycles. The minimum Gasteiger partial charge on any atom is -0.493 e. The Morgan fingerprint density at radius 1 is 1.57 bits per heavy atom. The molecule has 0 amide bonds. The number of hydrogen-bond donors (Lipinski definition) is 2. The highest BCUT2D eigenvalue weighted by molar-refractivity contribution is 5.20. The van der Waals surface area contributed by atoms with Crippen LogP contribution in [0.15, 0.2) is 4.79 Å². The van der Waals surface area contributed by atoms with Gasteiger partial charge < -0.3 is 14.8 Å². The van der Waals surface area contributed by atoms with Crippen LogP contribution in [0.5, 0.6) is 5.88 Å². The number of nitrogens with zero attached hydrogens (tertiary/aromatic N) is 1. The summed E-state index contributed by atoms with van der Waals surface area (Å²) in [6, 6.07) is 0. The minimum absolute atomic E-state index is 0.208. The summed E-state index contributed by atoms with van der Waals surface area (Å²) in [6.07, 6.45) is 0.497. The van der Waals surface area contributed by atoms with Gasteiger partial charge in [0.25, 0.3) is 5.56 Å². The van der Waals surface area contributed by atoms with Crippen molar-refractivity contribution >= 4 is 0 Å². The van der Waals surface area contributed by atoms with E-state index in [-0.39, 0.29) is 17.0 Å². The number of H-pyrrole nitrogens is 1. The maximum atomic E-state index is 11.2. The van der Waals surface area contributed by atoms with Crippen molar-refractivity contribution < 1.29 is 9.84 Å². The van der Waals surface area contributed by atoms with Gasteiger partial charge in [0.05, 0.1) is 12.2 Å². The summed E-state index contributed by atoms with van der Waals surface area (Å²) in [6.45, 7) is 4.53. The fourth-order valence-electron chi connectivity index (χ4n) is 0.998. The molecule has 5 nitrogen and oxygen atoms in total. The fraction of sp³-hybridized carbons (Fsp3) is 0.556. The van der Waals surface area contributed by atoms with Crippen molar-refractivity contribution in [1.82, 2.24) is 9.97 Å². The first-order chi connectivity index (χ1) is 6.65. The molecular weight excluding hydrogens is 184 g/mol. The highest BCUT2D eigenvalue weighted by Gasteiger charge is 2.05. The van der Waals surface area contributed by atoms with Gasteiger partial charge in [-0.25, -0.2) is 0 Å². The van der Waals surface area contributed by atoms with Crippen LogP contribution in [0.1, 0.15) is 18.3 Å².